The molecule has 3 N–H and O–H groups in total. The number of carbonyl (C=O) groups excluding carboxylic acids is 2. The molecule has 1 saturated carbocycles. The molecule has 1 aliphatic carbocycles. The number of carboxylic acid groups (broad SMARTS) is 1. The molecular weight excluding hydrogens is 476 g/mol. The number of carboxylic acids is 1. The third kappa shape index (κ3) is 6.78. The summed E-state index contributed by atoms with van der Waals surface area (Å²) in [5.41, 5.74) is 5.32. The smallest absolute Gasteiger partial charge is 0.328 e. The van der Waals surface area contributed by atoms with E-state index in [1.165, 1.54) is 35.6 Å². The molecule has 2 aromatic rings. The summed E-state index contributed by atoms with van der Waals surface area (Å²) in [7, 11) is 0. The average Bonchev–Trinajstić information content (AvgIpc) is 3.58. The minimum atomic E-state index is -1.08. The van der Waals surface area contributed by atoms with E-state index in [-0.39, 0.29) is 24.9 Å². The van der Waals surface area contributed by atoms with Crippen molar-refractivity contribution in [2.75, 3.05) is 38.2 Å². The average molecular weight is 513 g/mol. The number of thioether (sulfide) groups is 1. The summed E-state index contributed by atoms with van der Waals surface area (Å²) < 4.78 is 0. The van der Waals surface area contributed by atoms with E-state index in [0.717, 1.165) is 28.8 Å². The highest BCUT2D eigenvalue weighted by Gasteiger charge is 2.30. The second kappa shape index (κ2) is 12.6. The molecule has 1 aliphatic heterocycles. The summed E-state index contributed by atoms with van der Waals surface area (Å²) >= 11 is 1.53. The first-order valence-corrected chi connectivity index (χ1v) is 14.1. The molecule has 194 valence electrons. The van der Waals surface area contributed by atoms with Crippen molar-refractivity contribution in [1.82, 2.24) is 20.7 Å². The van der Waals surface area contributed by atoms with Crippen LogP contribution in [0.5, 0.6) is 0 Å². The normalized spacial score (nSPS) is 16.3. The molecule has 2 aliphatic rings. The van der Waals surface area contributed by atoms with Gasteiger partial charge in [-0.25, -0.2) is 10.2 Å². The first-order valence-electron chi connectivity index (χ1n) is 12.7. The van der Waals surface area contributed by atoms with Crippen LogP contribution in [-0.2, 0) is 20.9 Å². The zero-order chi connectivity index (χ0) is 25.5. The van der Waals surface area contributed by atoms with Gasteiger partial charge in [0.05, 0.1) is 13.1 Å². The van der Waals surface area contributed by atoms with Crippen molar-refractivity contribution in [3.05, 3.63) is 47.5 Å². The van der Waals surface area contributed by atoms with Gasteiger partial charge in [0.25, 0.3) is 5.91 Å². The number of rotatable bonds is 13. The fourth-order valence-corrected chi connectivity index (χ4v) is 5.26. The maximum Gasteiger partial charge on any atom is 0.328 e. The van der Waals surface area contributed by atoms with Crippen LogP contribution in [0.1, 0.15) is 49.1 Å². The van der Waals surface area contributed by atoms with Gasteiger partial charge in [0.2, 0.25) is 5.91 Å². The number of hydrazine groups is 1. The molecule has 8 nitrogen and oxygen atoms in total. The van der Waals surface area contributed by atoms with E-state index in [1.54, 1.807) is 4.90 Å². The molecule has 0 spiro atoms. The van der Waals surface area contributed by atoms with Crippen LogP contribution < -0.4 is 10.7 Å². The van der Waals surface area contributed by atoms with Crippen LogP contribution in [0.15, 0.2) is 36.4 Å². The highest BCUT2D eigenvalue weighted by molar-refractivity contribution is 7.98. The van der Waals surface area contributed by atoms with Crippen molar-refractivity contribution in [2.45, 2.75) is 50.6 Å². The quantitative estimate of drug-likeness (QED) is 0.355. The second-order valence-corrected chi connectivity index (χ2v) is 10.6. The molecule has 9 heteroatoms. The number of hydrogen-bond donors (Lipinski definition) is 3. The lowest BCUT2D eigenvalue weighted by atomic mass is 9.98. The van der Waals surface area contributed by atoms with Gasteiger partial charge >= 0.3 is 5.97 Å². The number of likely N-dealkylation sites (tertiary alicyclic amines) is 1. The zero-order valence-corrected chi connectivity index (χ0v) is 21.7. The van der Waals surface area contributed by atoms with Crippen molar-refractivity contribution in [3.8, 4) is 0 Å². The molecule has 2 aromatic carbocycles. The van der Waals surface area contributed by atoms with Crippen LogP contribution in [0.2, 0.25) is 0 Å². The largest absolute Gasteiger partial charge is 0.480 e. The lowest BCUT2D eigenvalue weighted by Crippen LogP contribution is -2.57. The number of amides is 2. The number of fused-ring (bicyclic) bond motifs is 1. The van der Waals surface area contributed by atoms with E-state index in [1.807, 2.05) is 18.4 Å². The van der Waals surface area contributed by atoms with Gasteiger partial charge in [0.1, 0.15) is 6.04 Å². The van der Waals surface area contributed by atoms with E-state index >= 15 is 0 Å². The predicted octanol–water partition coefficient (Wildman–Crippen LogP) is 2.97. The standard InChI is InChI=1S/C27H36N4O4S/c1-36-13-10-24(27(34)35)31(29-18-25(32)30-11-4-5-12-30)26(33)17-28-16-22-15-21(19-8-9-19)14-20-6-2-3-7-23(20)22/h2-3,6-7,14-15,19,24,28-29H,4-5,8-13,16-18H2,1H3,(H,34,35). The van der Waals surface area contributed by atoms with Crippen molar-refractivity contribution < 1.29 is 19.5 Å². The Morgan fingerprint density at radius 3 is 2.58 bits per heavy atom. The van der Waals surface area contributed by atoms with Crippen LogP contribution in [0.4, 0.5) is 0 Å². The van der Waals surface area contributed by atoms with Gasteiger partial charge in [-0.05, 0) is 71.9 Å². The molecule has 1 heterocycles. The van der Waals surface area contributed by atoms with E-state index in [9.17, 15) is 19.5 Å². The Bertz CT molecular complexity index is 1080. The number of carbonyl (C=O) groups is 3. The highest BCUT2D eigenvalue weighted by atomic mass is 32.2. The van der Waals surface area contributed by atoms with Crippen LogP contribution in [0.25, 0.3) is 10.8 Å². The highest BCUT2D eigenvalue weighted by Crippen LogP contribution is 2.41. The third-order valence-electron chi connectivity index (χ3n) is 6.93. The third-order valence-corrected chi connectivity index (χ3v) is 7.57. The maximum atomic E-state index is 13.2. The number of hydrogen-bond acceptors (Lipinski definition) is 6. The molecule has 0 radical (unpaired) electrons. The molecular formula is C27H36N4O4S. The summed E-state index contributed by atoms with van der Waals surface area (Å²) in [6, 6.07) is 11.7. The summed E-state index contributed by atoms with van der Waals surface area (Å²) in [4.78, 5) is 39.6. The Morgan fingerprint density at radius 1 is 1.14 bits per heavy atom. The first kappa shape index (κ1) is 26.4. The Balaban J connectivity index is 1.43. The van der Waals surface area contributed by atoms with Gasteiger partial charge < -0.3 is 15.3 Å². The van der Waals surface area contributed by atoms with E-state index in [2.05, 4.69) is 35.0 Å². The molecule has 1 saturated heterocycles. The minimum Gasteiger partial charge on any atom is -0.480 e. The summed E-state index contributed by atoms with van der Waals surface area (Å²) in [5.74, 6) is -0.371. The van der Waals surface area contributed by atoms with Crippen molar-refractivity contribution in [2.24, 2.45) is 0 Å². The van der Waals surface area contributed by atoms with E-state index in [0.29, 0.717) is 37.7 Å². The van der Waals surface area contributed by atoms with Gasteiger partial charge in [-0.2, -0.15) is 11.8 Å². The van der Waals surface area contributed by atoms with Crippen molar-refractivity contribution >= 4 is 40.3 Å². The summed E-state index contributed by atoms with van der Waals surface area (Å²) in [6.45, 7) is 1.78. The van der Waals surface area contributed by atoms with Crippen molar-refractivity contribution in [1.29, 1.82) is 0 Å². The Morgan fingerprint density at radius 2 is 1.89 bits per heavy atom. The molecule has 1 unspecified atom stereocenters. The molecule has 2 amide bonds. The molecule has 4 rings (SSSR count). The molecule has 36 heavy (non-hydrogen) atoms. The monoisotopic (exact) mass is 512 g/mol. The van der Waals surface area contributed by atoms with Gasteiger partial charge in [0, 0.05) is 19.6 Å². The Labute approximate surface area is 216 Å². The molecule has 0 bridgehead atoms. The Kier molecular flexibility index (Phi) is 9.23. The van der Waals surface area contributed by atoms with Crippen molar-refractivity contribution in [3.63, 3.8) is 0 Å². The van der Waals surface area contributed by atoms with Crippen LogP contribution in [0.3, 0.4) is 0 Å². The van der Waals surface area contributed by atoms with Gasteiger partial charge in [-0.3, -0.25) is 14.6 Å². The second-order valence-electron chi connectivity index (χ2n) is 9.60. The lowest BCUT2D eigenvalue weighted by molar-refractivity contribution is -0.154. The number of aliphatic carboxylic acids is 1. The number of nitrogens with zero attached hydrogens (tertiary/aromatic N) is 2. The molecule has 1 atom stereocenters. The minimum absolute atomic E-state index is 0.0318. The van der Waals surface area contributed by atoms with E-state index in [4.69, 9.17) is 0 Å². The molecule has 2 fully saturated rings. The topological polar surface area (TPSA) is 102 Å². The van der Waals surface area contributed by atoms with Gasteiger partial charge in [0.15, 0.2) is 0 Å². The maximum absolute atomic E-state index is 13.2. The SMILES string of the molecule is CSCCC(C(=O)O)N(NCC(=O)N1CCCC1)C(=O)CNCc1cc(C2CC2)cc2ccccc12. The number of benzene rings is 2. The summed E-state index contributed by atoms with van der Waals surface area (Å²) in [6.07, 6.45) is 6.57. The fraction of sp³-hybridized carbons (Fsp3) is 0.519. The fourth-order valence-electron chi connectivity index (χ4n) is 4.80. The zero-order valence-electron chi connectivity index (χ0n) is 20.9. The summed E-state index contributed by atoms with van der Waals surface area (Å²) in [5, 5.41) is 16.6. The first-order chi connectivity index (χ1) is 17.5. The number of nitrogens with one attached hydrogen (secondary N) is 2. The van der Waals surface area contributed by atoms with Crippen LogP contribution in [0, 0.1) is 0 Å². The van der Waals surface area contributed by atoms with Crippen LogP contribution in [-0.4, -0.2) is 77.0 Å². The van der Waals surface area contributed by atoms with Gasteiger partial charge in [-0.15, -0.1) is 0 Å². The lowest BCUT2D eigenvalue weighted by Gasteiger charge is -2.30. The van der Waals surface area contributed by atoms with Crippen LogP contribution >= 0.6 is 11.8 Å². The predicted molar refractivity (Wildman–Crippen MR) is 143 cm³/mol. The van der Waals surface area contributed by atoms with E-state index < -0.39 is 12.0 Å². The van der Waals surface area contributed by atoms with Gasteiger partial charge in [-0.1, -0.05) is 36.4 Å². The Hall–Kier alpha value is -2.62. The molecule has 0 aromatic heterocycles.